The predicted molar refractivity (Wildman–Crippen MR) is 112 cm³/mol. The highest BCUT2D eigenvalue weighted by Crippen LogP contribution is 2.38. The monoisotopic (exact) mass is 371 g/mol. The standard InChI is InChI=1S/C24H18FNS/c25-19-16-22(18-24(17-19)27-23-14-8-3-9-15-23)26(20-10-4-1-5-11-20)21-12-6-2-7-13-21/h1-18H. The molecule has 0 N–H and O–H groups in total. The van der Waals surface area contributed by atoms with E-state index in [0.717, 1.165) is 26.9 Å². The number of nitrogens with zero attached hydrogens (tertiary/aromatic N) is 1. The average molecular weight is 371 g/mol. The molecule has 0 aromatic heterocycles. The Morgan fingerprint density at radius 1 is 0.519 bits per heavy atom. The highest BCUT2D eigenvalue weighted by Gasteiger charge is 2.14. The van der Waals surface area contributed by atoms with Gasteiger partial charge in [-0.2, -0.15) is 0 Å². The topological polar surface area (TPSA) is 3.24 Å². The summed E-state index contributed by atoms with van der Waals surface area (Å²) in [6.07, 6.45) is 0. The van der Waals surface area contributed by atoms with Crippen LogP contribution in [0.15, 0.2) is 119 Å². The lowest BCUT2D eigenvalue weighted by Gasteiger charge is -2.25. The summed E-state index contributed by atoms with van der Waals surface area (Å²) in [5.74, 6) is -0.247. The Bertz CT molecular complexity index is 965. The van der Waals surface area contributed by atoms with Gasteiger partial charge in [0.2, 0.25) is 0 Å². The van der Waals surface area contributed by atoms with Crippen molar-refractivity contribution >= 4 is 28.8 Å². The fourth-order valence-corrected chi connectivity index (χ4v) is 3.88. The molecule has 0 bridgehead atoms. The van der Waals surface area contributed by atoms with Crippen molar-refractivity contribution in [2.45, 2.75) is 9.79 Å². The van der Waals surface area contributed by atoms with E-state index in [0.29, 0.717) is 0 Å². The molecule has 4 aromatic rings. The Balaban J connectivity index is 1.78. The van der Waals surface area contributed by atoms with Gasteiger partial charge in [0, 0.05) is 21.2 Å². The van der Waals surface area contributed by atoms with Crippen molar-refractivity contribution < 1.29 is 4.39 Å². The molecule has 1 nitrogen and oxygen atoms in total. The van der Waals surface area contributed by atoms with Gasteiger partial charge >= 0.3 is 0 Å². The van der Waals surface area contributed by atoms with Crippen LogP contribution >= 0.6 is 11.8 Å². The number of hydrogen-bond donors (Lipinski definition) is 0. The SMILES string of the molecule is Fc1cc(Sc2ccccc2)cc(N(c2ccccc2)c2ccccc2)c1. The molecule has 0 saturated carbocycles. The fourth-order valence-electron chi connectivity index (χ4n) is 2.96. The summed E-state index contributed by atoms with van der Waals surface area (Å²) >= 11 is 1.56. The van der Waals surface area contributed by atoms with Gasteiger partial charge in [0.15, 0.2) is 0 Å². The molecule has 0 aliphatic heterocycles. The number of para-hydroxylation sites is 2. The van der Waals surface area contributed by atoms with Crippen LogP contribution in [0.5, 0.6) is 0 Å². The molecular weight excluding hydrogens is 353 g/mol. The van der Waals surface area contributed by atoms with Crippen LogP contribution < -0.4 is 4.90 Å². The van der Waals surface area contributed by atoms with Crippen LogP contribution in [0.4, 0.5) is 21.5 Å². The Labute approximate surface area is 163 Å². The zero-order valence-electron chi connectivity index (χ0n) is 14.6. The van der Waals surface area contributed by atoms with Crippen molar-refractivity contribution in [3.8, 4) is 0 Å². The van der Waals surface area contributed by atoms with Gasteiger partial charge in [0.1, 0.15) is 5.82 Å². The lowest BCUT2D eigenvalue weighted by Crippen LogP contribution is -2.10. The predicted octanol–water partition coefficient (Wildman–Crippen LogP) is 7.45. The molecule has 4 aromatic carbocycles. The number of benzene rings is 4. The molecule has 0 unspecified atom stereocenters. The van der Waals surface area contributed by atoms with Crippen LogP contribution in [-0.2, 0) is 0 Å². The molecule has 0 heterocycles. The maximum absolute atomic E-state index is 14.5. The number of anilines is 3. The summed E-state index contributed by atoms with van der Waals surface area (Å²) < 4.78 is 14.5. The quantitative estimate of drug-likeness (QED) is 0.358. The summed E-state index contributed by atoms with van der Waals surface area (Å²) in [5.41, 5.74) is 2.78. The third kappa shape index (κ3) is 4.21. The Hall–Kier alpha value is -3.04. The minimum atomic E-state index is -0.247. The van der Waals surface area contributed by atoms with E-state index in [4.69, 9.17) is 0 Å². The smallest absolute Gasteiger partial charge is 0.126 e. The third-order valence-electron chi connectivity index (χ3n) is 4.12. The van der Waals surface area contributed by atoms with Gasteiger partial charge in [-0.15, -0.1) is 0 Å². The number of halogens is 1. The van der Waals surface area contributed by atoms with Gasteiger partial charge < -0.3 is 4.90 Å². The summed E-state index contributed by atoms with van der Waals surface area (Å²) in [5, 5.41) is 0. The molecule has 0 radical (unpaired) electrons. The van der Waals surface area contributed by atoms with Crippen molar-refractivity contribution in [1.29, 1.82) is 0 Å². The lowest BCUT2D eigenvalue weighted by molar-refractivity contribution is 0.624. The first-order valence-corrected chi connectivity index (χ1v) is 9.55. The molecular formula is C24H18FNS. The second-order valence-electron chi connectivity index (χ2n) is 6.07. The molecule has 0 aliphatic rings. The highest BCUT2D eigenvalue weighted by atomic mass is 32.2. The van der Waals surface area contributed by atoms with Gasteiger partial charge in [-0.3, -0.25) is 0 Å². The first-order valence-electron chi connectivity index (χ1n) is 8.73. The third-order valence-corrected chi connectivity index (χ3v) is 5.10. The molecule has 3 heteroatoms. The first-order chi connectivity index (χ1) is 13.3. The fraction of sp³-hybridized carbons (Fsp3) is 0. The van der Waals surface area contributed by atoms with Crippen molar-refractivity contribution in [3.05, 3.63) is 115 Å². The molecule has 132 valence electrons. The van der Waals surface area contributed by atoms with Gasteiger partial charge in [-0.25, -0.2) is 4.39 Å². The average Bonchev–Trinajstić information content (AvgIpc) is 2.70. The maximum Gasteiger partial charge on any atom is 0.126 e. The summed E-state index contributed by atoms with van der Waals surface area (Å²) in [6, 6.07) is 35.2. The Kier molecular flexibility index (Phi) is 5.22. The molecule has 27 heavy (non-hydrogen) atoms. The van der Waals surface area contributed by atoms with Gasteiger partial charge in [0.25, 0.3) is 0 Å². The van der Waals surface area contributed by atoms with E-state index >= 15 is 0 Å². The second kappa shape index (κ2) is 8.11. The van der Waals surface area contributed by atoms with Crippen molar-refractivity contribution in [2.24, 2.45) is 0 Å². The van der Waals surface area contributed by atoms with Crippen LogP contribution in [0, 0.1) is 5.82 Å². The largest absolute Gasteiger partial charge is 0.310 e. The Morgan fingerprint density at radius 2 is 1.04 bits per heavy atom. The van der Waals surface area contributed by atoms with E-state index in [2.05, 4.69) is 4.90 Å². The number of hydrogen-bond acceptors (Lipinski definition) is 2. The van der Waals surface area contributed by atoms with E-state index in [1.54, 1.807) is 23.9 Å². The van der Waals surface area contributed by atoms with E-state index in [1.165, 1.54) is 0 Å². The van der Waals surface area contributed by atoms with E-state index in [1.807, 2.05) is 97.1 Å². The van der Waals surface area contributed by atoms with Crippen molar-refractivity contribution in [3.63, 3.8) is 0 Å². The van der Waals surface area contributed by atoms with E-state index in [9.17, 15) is 4.39 Å². The maximum atomic E-state index is 14.5. The van der Waals surface area contributed by atoms with Crippen LogP contribution in [0.3, 0.4) is 0 Å². The molecule has 4 rings (SSSR count). The normalized spacial score (nSPS) is 10.6. The van der Waals surface area contributed by atoms with Gasteiger partial charge in [-0.05, 0) is 54.6 Å². The first kappa shape index (κ1) is 17.4. The van der Waals surface area contributed by atoms with E-state index < -0.39 is 0 Å². The molecule has 0 spiro atoms. The molecule has 0 saturated heterocycles. The summed E-state index contributed by atoms with van der Waals surface area (Å²) in [7, 11) is 0. The van der Waals surface area contributed by atoms with Gasteiger partial charge in [0.05, 0.1) is 5.69 Å². The summed E-state index contributed by atoms with van der Waals surface area (Å²) in [4.78, 5) is 4.02. The van der Waals surface area contributed by atoms with Crippen LogP contribution in [-0.4, -0.2) is 0 Å². The van der Waals surface area contributed by atoms with Crippen LogP contribution in [0.1, 0.15) is 0 Å². The second-order valence-corrected chi connectivity index (χ2v) is 7.21. The lowest BCUT2D eigenvalue weighted by atomic mass is 10.2. The molecule has 0 amide bonds. The van der Waals surface area contributed by atoms with Crippen LogP contribution in [0.25, 0.3) is 0 Å². The van der Waals surface area contributed by atoms with Crippen molar-refractivity contribution in [2.75, 3.05) is 4.90 Å². The highest BCUT2D eigenvalue weighted by molar-refractivity contribution is 7.99. The van der Waals surface area contributed by atoms with Crippen LogP contribution in [0.2, 0.25) is 0 Å². The minimum Gasteiger partial charge on any atom is -0.310 e. The zero-order valence-corrected chi connectivity index (χ0v) is 15.4. The zero-order chi connectivity index (χ0) is 18.5. The van der Waals surface area contributed by atoms with E-state index in [-0.39, 0.29) is 5.82 Å². The molecule has 0 aliphatic carbocycles. The molecule has 0 atom stereocenters. The Morgan fingerprint density at radius 3 is 1.59 bits per heavy atom. The van der Waals surface area contributed by atoms with Crippen molar-refractivity contribution in [1.82, 2.24) is 0 Å². The minimum absolute atomic E-state index is 0.247. The number of rotatable bonds is 5. The summed E-state index contributed by atoms with van der Waals surface area (Å²) in [6.45, 7) is 0. The molecule has 0 fully saturated rings. The van der Waals surface area contributed by atoms with Gasteiger partial charge in [-0.1, -0.05) is 66.4 Å².